The van der Waals surface area contributed by atoms with Crippen LogP contribution in [0.25, 0.3) is 0 Å². The number of rotatable bonds is 3. The molecule has 0 atom stereocenters. The molecule has 0 aliphatic heterocycles. The van der Waals surface area contributed by atoms with Crippen LogP contribution >= 0.6 is 0 Å². The summed E-state index contributed by atoms with van der Waals surface area (Å²) in [6.45, 7) is 0. The van der Waals surface area contributed by atoms with Crippen molar-refractivity contribution in [1.82, 2.24) is 0 Å². The standard InChI is InChI=1S/C7H6O3.C4H4O4/c8-6-3-1-5(2-4-6)7(9)10;5-3(6)1-2-4(7)8/h1-4,8H,(H,9,10);1-2H,(H,5,6)(H,7,8)/b;2-1+. The van der Waals surface area contributed by atoms with Crippen LogP contribution in [0.4, 0.5) is 0 Å². The molecule has 0 saturated carbocycles. The van der Waals surface area contributed by atoms with Gasteiger partial charge in [0.1, 0.15) is 5.75 Å². The average Bonchev–Trinajstić information content (AvgIpc) is 2.28. The molecule has 0 aliphatic rings. The van der Waals surface area contributed by atoms with Crippen LogP contribution in [0.5, 0.6) is 5.75 Å². The molecule has 4 N–H and O–H groups in total. The molecule has 1 aromatic carbocycles. The van der Waals surface area contributed by atoms with Gasteiger partial charge in [-0.15, -0.1) is 0 Å². The topological polar surface area (TPSA) is 132 Å². The fraction of sp³-hybridized carbons (Fsp3) is 0. The zero-order valence-corrected chi connectivity index (χ0v) is 8.98. The van der Waals surface area contributed by atoms with Gasteiger partial charge in [0, 0.05) is 12.2 Å². The molecule has 7 nitrogen and oxygen atoms in total. The molecule has 0 spiro atoms. The second-order valence-electron chi connectivity index (χ2n) is 2.86. The van der Waals surface area contributed by atoms with E-state index in [0.29, 0.717) is 12.2 Å². The quantitative estimate of drug-likeness (QED) is 0.586. The Hall–Kier alpha value is -2.83. The third-order valence-corrected chi connectivity index (χ3v) is 1.48. The maximum Gasteiger partial charge on any atom is 0.335 e. The van der Waals surface area contributed by atoms with Crippen LogP contribution in [0.15, 0.2) is 36.4 Å². The minimum atomic E-state index is -1.26. The molecule has 0 amide bonds. The summed E-state index contributed by atoms with van der Waals surface area (Å²) in [5.74, 6) is -3.43. The number of aromatic hydroxyl groups is 1. The van der Waals surface area contributed by atoms with E-state index in [1.807, 2.05) is 0 Å². The smallest absolute Gasteiger partial charge is 0.335 e. The van der Waals surface area contributed by atoms with E-state index in [-0.39, 0.29) is 11.3 Å². The molecule has 0 aliphatic carbocycles. The minimum Gasteiger partial charge on any atom is -0.508 e. The lowest BCUT2D eigenvalue weighted by Gasteiger charge is -1.92. The first kappa shape index (κ1) is 15.2. The Morgan fingerprint density at radius 1 is 0.833 bits per heavy atom. The summed E-state index contributed by atoms with van der Waals surface area (Å²) >= 11 is 0. The SMILES string of the molecule is O=C(O)/C=C/C(=O)O.O=C(O)c1ccc(O)cc1. The van der Waals surface area contributed by atoms with Crippen LogP contribution in [0.2, 0.25) is 0 Å². The van der Waals surface area contributed by atoms with Crippen LogP contribution in [-0.4, -0.2) is 38.3 Å². The number of benzene rings is 1. The molecule has 0 radical (unpaired) electrons. The van der Waals surface area contributed by atoms with Crippen LogP contribution in [0.3, 0.4) is 0 Å². The van der Waals surface area contributed by atoms with Gasteiger partial charge in [-0.05, 0) is 24.3 Å². The molecule has 0 saturated heterocycles. The first-order valence-corrected chi connectivity index (χ1v) is 4.49. The molecule has 0 aromatic heterocycles. The van der Waals surface area contributed by atoms with Gasteiger partial charge in [-0.3, -0.25) is 0 Å². The van der Waals surface area contributed by atoms with Crippen molar-refractivity contribution in [3.8, 4) is 5.75 Å². The lowest BCUT2D eigenvalue weighted by molar-refractivity contribution is -0.134. The first-order valence-electron chi connectivity index (χ1n) is 4.49. The van der Waals surface area contributed by atoms with Crippen LogP contribution in [-0.2, 0) is 9.59 Å². The molecular weight excluding hydrogens is 244 g/mol. The van der Waals surface area contributed by atoms with E-state index in [2.05, 4.69) is 0 Å². The molecule has 0 heterocycles. The Morgan fingerprint density at radius 3 is 1.50 bits per heavy atom. The number of phenolic OH excluding ortho intramolecular Hbond substituents is 1. The number of carboxylic acids is 3. The third kappa shape index (κ3) is 7.46. The Morgan fingerprint density at radius 2 is 1.22 bits per heavy atom. The van der Waals surface area contributed by atoms with Crippen LogP contribution in [0, 0.1) is 0 Å². The summed E-state index contributed by atoms with van der Waals surface area (Å²) in [6.07, 6.45) is 1.12. The molecule has 0 bridgehead atoms. The largest absolute Gasteiger partial charge is 0.508 e. The Balaban J connectivity index is 0.000000331. The van der Waals surface area contributed by atoms with E-state index >= 15 is 0 Å². The lowest BCUT2D eigenvalue weighted by atomic mass is 10.2. The number of hydrogen-bond acceptors (Lipinski definition) is 4. The van der Waals surface area contributed by atoms with Crippen molar-refractivity contribution in [2.24, 2.45) is 0 Å². The Bertz CT molecular complexity index is 443. The maximum absolute atomic E-state index is 10.2. The van der Waals surface area contributed by atoms with Crippen molar-refractivity contribution in [2.75, 3.05) is 0 Å². The van der Waals surface area contributed by atoms with Crippen LogP contribution < -0.4 is 0 Å². The second-order valence-corrected chi connectivity index (χ2v) is 2.86. The van der Waals surface area contributed by atoms with Gasteiger partial charge >= 0.3 is 17.9 Å². The number of aromatic carboxylic acids is 1. The summed E-state index contributed by atoms with van der Waals surface area (Å²) in [6, 6.07) is 5.36. The van der Waals surface area contributed by atoms with E-state index in [1.54, 1.807) is 0 Å². The third-order valence-electron chi connectivity index (χ3n) is 1.48. The van der Waals surface area contributed by atoms with Crippen molar-refractivity contribution >= 4 is 17.9 Å². The lowest BCUT2D eigenvalue weighted by Crippen LogP contribution is -1.93. The average molecular weight is 254 g/mol. The number of carbonyl (C=O) groups is 3. The van der Waals surface area contributed by atoms with E-state index in [0.717, 1.165) is 0 Å². The molecule has 96 valence electrons. The highest BCUT2D eigenvalue weighted by Crippen LogP contribution is 2.08. The zero-order chi connectivity index (χ0) is 14.1. The Labute approximate surface area is 101 Å². The normalized spacial score (nSPS) is 9.33. The number of carboxylic acid groups (broad SMARTS) is 3. The van der Waals surface area contributed by atoms with Gasteiger partial charge in [0.2, 0.25) is 0 Å². The van der Waals surface area contributed by atoms with Crippen molar-refractivity contribution in [3.63, 3.8) is 0 Å². The highest BCUT2D eigenvalue weighted by molar-refractivity contribution is 5.89. The van der Waals surface area contributed by atoms with Gasteiger partial charge in [0.25, 0.3) is 0 Å². The van der Waals surface area contributed by atoms with Gasteiger partial charge in [-0.25, -0.2) is 14.4 Å². The van der Waals surface area contributed by atoms with Crippen molar-refractivity contribution in [1.29, 1.82) is 0 Å². The molecule has 0 unspecified atom stereocenters. The zero-order valence-electron chi connectivity index (χ0n) is 8.98. The number of aliphatic carboxylic acids is 2. The number of phenols is 1. The minimum absolute atomic E-state index is 0.0741. The van der Waals surface area contributed by atoms with E-state index in [9.17, 15) is 14.4 Å². The first-order chi connectivity index (χ1) is 8.32. The highest BCUT2D eigenvalue weighted by atomic mass is 16.4. The number of hydrogen-bond donors (Lipinski definition) is 4. The monoisotopic (exact) mass is 254 g/mol. The van der Waals surface area contributed by atoms with Crippen molar-refractivity contribution in [3.05, 3.63) is 42.0 Å². The molecule has 18 heavy (non-hydrogen) atoms. The summed E-state index contributed by atoms with van der Waals surface area (Å²) in [5, 5.41) is 32.8. The van der Waals surface area contributed by atoms with E-state index in [1.165, 1.54) is 24.3 Å². The van der Waals surface area contributed by atoms with Gasteiger partial charge in [-0.2, -0.15) is 0 Å². The summed E-state index contributed by atoms with van der Waals surface area (Å²) in [4.78, 5) is 29.3. The van der Waals surface area contributed by atoms with Gasteiger partial charge in [0.05, 0.1) is 5.56 Å². The molecule has 1 aromatic rings. The predicted octanol–water partition coefficient (Wildman–Crippen LogP) is 0.802. The fourth-order valence-electron chi connectivity index (χ4n) is 0.747. The molecule has 1 rings (SSSR count). The summed E-state index contributed by atoms with van der Waals surface area (Å²) < 4.78 is 0. The second kappa shape index (κ2) is 7.44. The summed E-state index contributed by atoms with van der Waals surface area (Å²) in [7, 11) is 0. The van der Waals surface area contributed by atoms with Gasteiger partial charge in [0.15, 0.2) is 0 Å². The predicted molar refractivity (Wildman–Crippen MR) is 59.5 cm³/mol. The van der Waals surface area contributed by atoms with Crippen molar-refractivity contribution in [2.45, 2.75) is 0 Å². The summed E-state index contributed by atoms with van der Waals surface area (Å²) in [5.41, 5.74) is 0.179. The maximum atomic E-state index is 10.2. The molecule has 0 fully saturated rings. The fourth-order valence-corrected chi connectivity index (χ4v) is 0.747. The van der Waals surface area contributed by atoms with Crippen LogP contribution in [0.1, 0.15) is 10.4 Å². The Kier molecular flexibility index (Phi) is 6.27. The van der Waals surface area contributed by atoms with Gasteiger partial charge in [-0.1, -0.05) is 0 Å². The molecule has 7 heteroatoms. The highest BCUT2D eigenvalue weighted by Gasteiger charge is 1.99. The van der Waals surface area contributed by atoms with Gasteiger partial charge < -0.3 is 20.4 Å². The molecular formula is C11H10O7. The van der Waals surface area contributed by atoms with E-state index < -0.39 is 17.9 Å². The van der Waals surface area contributed by atoms with Crippen molar-refractivity contribution < 1.29 is 34.8 Å². The van der Waals surface area contributed by atoms with E-state index in [4.69, 9.17) is 20.4 Å².